The molecule has 6 rings (SSSR count). The maximum Gasteiger partial charge on any atom is 0.233 e. The average molecular weight is 607 g/mol. The van der Waals surface area contributed by atoms with Crippen LogP contribution in [0.2, 0.25) is 0 Å². The third-order valence-corrected chi connectivity index (χ3v) is 10.8. The normalized spacial score (nSPS) is 29.0. The first-order valence-electron chi connectivity index (χ1n) is 15.5. The summed E-state index contributed by atoms with van der Waals surface area (Å²) in [5.74, 6) is 2.08. The van der Waals surface area contributed by atoms with Crippen LogP contribution in [0.1, 0.15) is 64.7 Å². The van der Waals surface area contributed by atoms with E-state index in [1.165, 1.54) is 0 Å². The molecule has 0 bridgehead atoms. The molecular formula is C31H42N8O3S. The maximum atomic E-state index is 10.2. The van der Waals surface area contributed by atoms with Crippen molar-refractivity contribution in [3.05, 3.63) is 28.6 Å². The zero-order valence-corrected chi connectivity index (χ0v) is 26.3. The molecule has 11 nitrogen and oxygen atoms in total. The van der Waals surface area contributed by atoms with Gasteiger partial charge in [-0.05, 0) is 59.0 Å². The van der Waals surface area contributed by atoms with Crippen molar-refractivity contribution in [2.24, 2.45) is 10.9 Å². The van der Waals surface area contributed by atoms with E-state index in [0.29, 0.717) is 29.0 Å². The minimum atomic E-state index is -0.483. The molecule has 3 aliphatic heterocycles. The summed E-state index contributed by atoms with van der Waals surface area (Å²) in [7, 11) is 3.85. The Morgan fingerprint density at radius 1 is 1.26 bits per heavy atom. The zero-order chi connectivity index (χ0) is 30.0. The van der Waals surface area contributed by atoms with Crippen LogP contribution in [-0.4, -0.2) is 83.6 Å². The van der Waals surface area contributed by atoms with Crippen LogP contribution in [0.3, 0.4) is 0 Å². The molecule has 230 valence electrons. The molecule has 4 unspecified atom stereocenters. The highest BCUT2D eigenvalue weighted by atomic mass is 32.2. The van der Waals surface area contributed by atoms with Gasteiger partial charge in [-0.3, -0.25) is 4.99 Å². The molecule has 0 aromatic carbocycles. The van der Waals surface area contributed by atoms with Crippen molar-refractivity contribution in [3.63, 3.8) is 0 Å². The largest absolute Gasteiger partial charge is 0.490 e. The molecule has 4 aliphatic rings. The molecule has 2 aromatic heterocycles. The van der Waals surface area contributed by atoms with Gasteiger partial charge >= 0.3 is 0 Å². The highest BCUT2D eigenvalue weighted by Crippen LogP contribution is 2.56. The summed E-state index contributed by atoms with van der Waals surface area (Å²) in [5, 5.41) is 22.4. The van der Waals surface area contributed by atoms with Crippen molar-refractivity contribution < 1.29 is 14.0 Å². The molecule has 2 aromatic rings. The van der Waals surface area contributed by atoms with Crippen LogP contribution in [0.25, 0.3) is 11.5 Å². The number of nitrogens with one attached hydrogen (secondary N) is 2. The van der Waals surface area contributed by atoms with Gasteiger partial charge in [0.05, 0.1) is 28.4 Å². The zero-order valence-electron chi connectivity index (χ0n) is 25.5. The van der Waals surface area contributed by atoms with E-state index in [4.69, 9.17) is 24.0 Å². The number of likely N-dealkylation sites (tertiary alicyclic amines) is 1. The predicted octanol–water partition coefficient (Wildman–Crippen LogP) is 4.28. The second kappa shape index (κ2) is 12.8. The number of aliphatic imine (C=N–C) groups is 1. The molecule has 2 saturated heterocycles. The number of rotatable bonds is 9. The lowest BCUT2D eigenvalue weighted by Crippen LogP contribution is -2.41. The molecule has 5 atom stereocenters. The number of hydrogen-bond donors (Lipinski definition) is 2. The summed E-state index contributed by atoms with van der Waals surface area (Å²) >= 11 is 1.72. The molecule has 0 spiro atoms. The summed E-state index contributed by atoms with van der Waals surface area (Å²) in [4.78, 5) is 16.1. The Morgan fingerprint density at radius 2 is 2.09 bits per heavy atom. The lowest BCUT2D eigenvalue weighted by atomic mass is 9.64. The summed E-state index contributed by atoms with van der Waals surface area (Å²) in [5.41, 5.74) is 0.800. The number of hydrogen-bond acceptors (Lipinski definition) is 11. The Morgan fingerprint density at radius 3 is 2.84 bits per heavy atom. The molecule has 5 heterocycles. The third-order valence-electron chi connectivity index (χ3n) is 9.37. The Bertz CT molecular complexity index is 1390. The van der Waals surface area contributed by atoms with Gasteiger partial charge in [-0.25, -0.2) is 4.98 Å². The van der Waals surface area contributed by atoms with Crippen LogP contribution >= 0.6 is 11.8 Å². The van der Waals surface area contributed by atoms with Crippen LogP contribution in [0, 0.1) is 17.2 Å². The molecule has 0 radical (unpaired) electrons. The fraction of sp³-hybridized carbons (Fsp3) is 0.645. The van der Waals surface area contributed by atoms with Gasteiger partial charge in [-0.15, -0.1) is 11.8 Å². The maximum absolute atomic E-state index is 10.2. The Hall–Kier alpha value is -3.14. The molecular weight excluding hydrogens is 564 g/mol. The van der Waals surface area contributed by atoms with E-state index in [-0.39, 0.29) is 29.4 Å². The number of piperidine rings is 1. The third kappa shape index (κ3) is 6.26. The number of allylic oxidation sites excluding steroid dienone is 1. The highest BCUT2D eigenvalue weighted by molar-refractivity contribution is 8.04. The fourth-order valence-electron chi connectivity index (χ4n) is 6.95. The lowest BCUT2D eigenvalue weighted by molar-refractivity contribution is 0.113. The number of ether oxygens (including phenoxy) is 2. The minimum Gasteiger partial charge on any atom is -0.490 e. The van der Waals surface area contributed by atoms with Crippen LogP contribution < -0.4 is 20.1 Å². The minimum absolute atomic E-state index is 0.0389. The number of fused-ring (bicyclic) bond motifs is 1. The van der Waals surface area contributed by atoms with E-state index in [2.05, 4.69) is 52.6 Å². The number of thioether (sulfide) groups is 1. The van der Waals surface area contributed by atoms with Crippen molar-refractivity contribution in [1.82, 2.24) is 30.7 Å². The van der Waals surface area contributed by atoms with Crippen molar-refractivity contribution in [2.45, 2.75) is 87.7 Å². The second-order valence-electron chi connectivity index (χ2n) is 12.4. The van der Waals surface area contributed by atoms with Crippen LogP contribution in [0.15, 0.2) is 32.3 Å². The van der Waals surface area contributed by atoms with Gasteiger partial charge in [0.1, 0.15) is 23.7 Å². The SMILES string of the molecule is CN=CNC1=C(C#N)C2C(CCCC2(C)c2nc(-c3cc(OC4CCN(C)CC4)cc(O[C@@H](C)C4CCCN4)n3)no2)S1. The molecule has 12 heteroatoms. The molecule has 0 amide bonds. The monoisotopic (exact) mass is 606 g/mol. The van der Waals surface area contributed by atoms with Gasteiger partial charge in [0.2, 0.25) is 17.6 Å². The molecule has 1 aliphatic carbocycles. The van der Waals surface area contributed by atoms with Crippen molar-refractivity contribution in [1.29, 1.82) is 5.26 Å². The average Bonchev–Trinajstić information content (AvgIpc) is 3.78. The van der Waals surface area contributed by atoms with E-state index < -0.39 is 5.41 Å². The second-order valence-corrected chi connectivity index (χ2v) is 13.7. The number of pyridine rings is 1. The van der Waals surface area contributed by atoms with Crippen molar-refractivity contribution in [2.75, 3.05) is 33.7 Å². The van der Waals surface area contributed by atoms with Crippen LogP contribution in [0.5, 0.6) is 11.6 Å². The Balaban J connectivity index is 1.30. The first kappa shape index (κ1) is 29.9. The predicted molar refractivity (Wildman–Crippen MR) is 166 cm³/mol. The first-order chi connectivity index (χ1) is 20.9. The first-order valence-corrected chi connectivity index (χ1v) is 16.4. The fourth-order valence-corrected chi connectivity index (χ4v) is 8.53. The van der Waals surface area contributed by atoms with E-state index >= 15 is 0 Å². The quantitative estimate of drug-likeness (QED) is 0.313. The van der Waals surface area contributed by atoms with E-state index in [9.17, 15) is 5.26 Å². The number of nitriles is 1. The van der Waals surface area contributed by atoms with Gasteiger partial charge in [0, 0.05) is 49.5 Å². The topological polar surface area (TPSA) is 134 Å². The Kier molecular flexibility index (Phi) is 8.93. The molecule has 3 fully saturated rings. The summed E-state index contributed by atoms with van der Waals surface area (Å²) in [6.45, 7) is 7.24. The smallest absolute Gasteiger partial charge is 0.233 e. The molecule has 2 N–H and O–H groups in total. The van der Waals surface area contributed by atoms with Gasteiger partial charge in [0.25, 0.3) is 0 Å². The van der Waals surface area contributed by atoms with Gasteiger partial charge in [-0.1, -0.05) is 18.5 Å². The van der Waals surface area contributed by atoms with Crippen LogP contribution in [-0.2, 0) is 5.41 Å². The summed E-state index contributed by atoms with van der Waals surface area (Å²) in [6.07, 6.45) is 8.76. The number of nitrogens with zero attached hydrogens (tertiary/aromatic N) is 6. The van der Waals surface area contributed by atoms with Gasteiger partial charge in [-0.2, -0.15) is 10.2 Å². The number of aromatic nitrogens is 3. The highest BCUT2D eigenvalue weighted by Gasteiger charge is 2.53. The van der Waals surface area contributed by atoms with Gasteiger partial charge < -0.3 is 29.5 Å². The van der Waals surface area contributed by atoms with Crippen LogP contribution in [0.4, 0.5) is 0 Å². The Labute approximate surface area is 257 Å². The standard InChI is InChI=1S/C31H42N8O3S/c1-19(23-7-6-12-34-23)40-26-16-21(41-20-9-13-39(4)14-10-20)15-24(36-26)28-37-30(42-38-28)31(2)11-5-8-25-27(31)22(17-32)29(43-25)35-18-33-3/h15-16,18-20,23,25,27,34H,5-14H2,1-4H3,(H,33,35)/t19-,23?,25?,27?,31?/m0/s1. The lowest BCUT2D eigenvalue weighted by Gasteiger charge is -2.40. The summed E-state index contributed by atoms with van der Waals surface area (Å²) in [6, 6.07) is 6.54. The molecule has 43 heavy (non-hydrogen) atoms. The molecule has 1 saturated carbocycles. The van der Waals surface area contributed by atoms with Crippen molar-refractivity contribution in [3.8, 4) is 29.2 Å². The van der Waals surface area contributed by atoms with Gasteiger partial charge in [0.15, 0.2) is 0 Å². The van der Waals surface area contributed by atoms with E-state index in [1.807, 2.05) is 12.1 Å². The van der Waals surface area contributed by atoms with E-state index in [1.54, 1.807) is 25.1 Å². The van der Waals surface area contributed by atoms with Crippen molar-refractivity contribution >= 4 is 18.1 Å². The summed E-state index contributed by atoms with van der Waals surface area (Å²) < 4.78 is 18.8. The van der Waals surface area contributed by atoms with E-state index in [0.717, 1.165) is 75.2 Å².